The second kappa shape index (κ2) is 5.08. The molecule has 1 amide bonds. The molecular formula is C13H13N7O. The molecule has 8 nitrogen and oxygen atoms in total. The van der Waals surface area contributed by atoms with Gasteiger partial charge in [-0.05, 0) is 12.1 Å². The Morgan fingerprint density at radius 1 is 1.29 bits per heavy atom. The number of rotatable bonds is 4. The third-order valence-electron chi connectivity index (χ3n) is 2.91. The number of hydrogen-bond donors (Lipinski definition) is 3. The Morgan fingerprint density at radius 2 is 2.14 bits per heavy atom. The summed E-state index contributed by atoms with van der Waals surface area (Å²) in [6.07, 6.45) is 3.07. The zero-order valence-corrected chi connectivity index (χ0v) is 11.2. The van der Waals surface area contributed by atoms with Crippen molar-refractivity contribution >= 4 is 28.9 Å². The second-order valence-electron chi connectivity index (χ2n) is 4.28. The molecular weight excluding hydrogens is 270 g/mol. The van der Waals surface area contributed by atoms with Crippen LogP contribution < -0.4 is 16.4 Å². The third kappa shape index (κ3) is 2.34. The van der Waals surface area contributed by atoms with Gasteiger partial charge >= 0.3 is 0 Å². The van der Waals surface area contributed by atoms with Crippen LogP contribution >= 0.6 is 0 Å². The molecule has 3 aromatic rings. The van der Waals surface area contributed by atoms with E-state index in [1.54, 1.807) is 19.3 Å². The highest BCUT2D eigenvalue weighted by atomic mass is 16.1. The van der Waals surface area contributed by atoms with Crippen LogP contribution in [0.3, 0.4) is 0 Å². The fourth-order valence-electron chi connectivity index (χ4n) is 1.95. The summed E-state index contributed by atoms with van der Waals surface area (Å²) >= 11 is 0. The molecule has 4 N–H and O–H groups in total. The maximum Gasteiger partial charge on any atom is 0.269 e. The zero-order valence-electron chi connectivity index (χ0n) is 11.2. The van der Waals surface area contributed by atoms with E-state index in [-0.39, 0.29) is 5.69 Å². The van der Waals surface area contributed by atoms with Gasteiger partial charge in [0.1, 0.15) is 11.5 Å². The zero-order chi connectivity index (χ0) is 14.8. The van der Waals surface area contributed by atoms with E-state index in [9.17, 15) is 4.79 Å². The van der Waals surface area contributed by atoms with Crippen LogP contribution in [0.5, 0.6) is 0 Å². The SMILES string of the molecule is CNc1cc(Nc2ccccn2)nn2c(C(N)=O)cnc12. The first-order valence-electron chi connectivity index (χ1n) is 6.23. The lowest BCUT2D eigenvalue weighted by molar-refractivity contribution is 0.0993. The number of amides is 1. The van der Waals surface area contributed by atoms with Crippen LogP contribution in [-0.4, -0.2) is 32.5 Å². The highest BCUT2D eigenvalue weighted by Crippen LogP contribution is 2.21. The van der Waals surface area contributed by atoms with Crippen molar-refractivity contribution in [1.82, 2.24) is 19.6 Å². The molecule has 0 bridgehead atoms. The molecule has 21 heavy (non-hydrogen) atoms. The minimum atomic E-state index is -0.591. The van der Waals surface area contributed by atoms with Crippen LogP contribution in [0.25, 0.3) is 5.65 Å². The van der Waals surface area contributed by atoms with Crippen LogP contribution in [0.1, 0.15) is 10.5 Å². The van der Waals surface area contributed by atoms with Crippen molar-refractivity contribution in [1.29, 1.82) is 0 Å². The van der Waals surface area contributed by atoms with Gasteiger partial charge in [0, 0.05) is 19.3 Å². The van der Waals surface area contributed by atoms with Crippen molar-refractivity contribution in [3.8, 4) is 0 Å². The summed E-state index contributed by atoms with van der Waals surface area (Å²) in [5.74, 6) is 0.574. The van der Waals surface area contributed by atoms with Gasteiger partial charge < -0.3 is 16.4 Å². The summed E-state index contributed by atoms with van der Waals surface area (Å²) in [6.45, 7) is 0. The highest BCUT2D eigenvalue weighted by Gasteiger charge is 2.14. The molecule has 0 aliphatic heterocycles. The number of anilines is 3. The van der Waals surface area contributed by atoms with E-state index in [2.05, 4.69) is 25.7 Å². The lowest BCUT2D eigenvalue weighted by atomic mass is 10.4. The van der Waals surface area contributed by atoms with Crippen LogP contribution in [-0.2, 0) is 0 Å². The largest absolute Gasteiger partial charge is 0.385 e. The standard InChI is InChI=1S/C13H13N7O/c1-15-8-6-11(18-10-4-2-3-5-16-10)19-20-9(12(14)21)7-17-13(8)20/h2-7,15H,1H3,(H2,14,21)(H,16,18,19). The molecule has 3 heterocycles. The van der Waals surface area contributed by atoms with Gasteiger partial charge in [0.2, 0.25) is 0 Å². The number of nitrogens with two attached hydrogens (primary N) is 1. The maximum atomic E-state index is 11.4. The number of carbonyl (C=O) groups excluding carboxylic acids is 1. The Morgan fingerprint density at radius 3 is 2.81 bits per heavy atom. The van der Waals surface area contributed by atoms with Crippen molar-refractivity contribution in [3.05, 3.63) is 42.4 Å². The average molecular weight is 283 g/mol. The molecule has 0 saturated heterocycles. The van der Waals surface area contributed by atoms with Crippen molar-refractivity contribution < 1.29 is 4.79 Å². The maximum absolute atomic E-state index is 11.4. The molecule has 0 saturated carbocycles. The summed E-state index contributed by atoms with van der Waals surface area (Å²) in [5, 5.41) is 10.4. The Labute approximate surface area is 120 Å². The van der Waals surface area contributed by atoms with E-state index < -0.39 is 5.91 Å². The van der Waals surface area contributed by atoms with Crippen LogP contribution in [0, 0.1) is 0 Å². The van der Waals surface area contributed by atoms with Crippen LogP contribution in [0.15, 0.2) is 36.7 Å². The number of aromatic nitrogens is 4. The number of fused-ring (bicyclic) bond motifs is 1. The van der Waals surface area contributed by atoms with E-state index in [1.807, 2.05) is 18.2 Å². The molecule has 106 valence electrons. The third-order valence-corrected chi connectivity index (χ3v) is 2.91. The van der Waals surface area contributed by atoms with E-state index in [4.69, 9.17) is 5.73 Å². The molecule has 3 rings (SSSR count). The van der Waals surface area contributed by atoms with Gasteiger partial charge in [0.05, 0.1) is 11.9 Å². The Balaban J connectivity index is 2.11. The van der Waals surface area contributed by atoms with E-state index in [0.717, 1.165) is 5.69 Å². The first kappa shape index (κ1) is 12.9. The fraction of sp³-hybridized carbons (Fsp3) is 0.0769. The smallest absolute Gasteiger partial charge is 0.269 e. The normalized spacial score (nSPS) is 10.5. The quantitative estimate of drug-likeness (QED) is 0.659. The van der Waals surface area contributed by atoms with Gasteiger partial charge in [0.15, 0.2) is 11.5 Å². The molecule has 0 aromatic carbocycles. The minimum absolute atomic E-state index is 0.214. The lowest BCUT2D eigenvalue weighted by Crippen LogP contribution is -2.15. The number of nitrogens with one attached hydrogen (secondary N) is 2. The lowest BCUT2D eigenvalue weighted by Gasteiger charge is -2.09. The summed E-state index contributed by atoms with van der Waals surface area (Å²) in [5.41, 5.74) is 6.78. The predicted molar refractivity (Wildman–Crippen MR) is 78.6 cm³/mol. The van der Waals surface area contributed by atoms with E-state index in [0.29, 0.717) is 17.3 Å². The van der Waals surface area contributed by atoms with Crippen LogP contribution in [0.2, 0.25) is 0 Å². The van der Waals surface area contributed by atoms with Gasteiger partial charge in [-0.25, -0.2) is 14.5 Å². The molecule has 0 aliphatic carbocycles. The van der Waals surface area contributed by atoms with Crippen LogP contribution in [0.4, 0.5) is 17.3 Å². The predicted octanol–water partition coefficient (Wildman–Crippen LogP) is 1.01. The number of pyridine rings is 1. The van der Waals surface area contributed by atoms with Gasteiger partial charge in [-0.3, -0.25) is 4.79 Å². The molecule has 0 aliphatic rings. The highest BCUT2D eigenvalue weighted by molar-refractivity contribution is 5.92. The number of nitrogens with zero attached hydrogens (tertiary/aromatic N) is 4. The Hall–Kier alpha value is -3.16. The number of hydrogen-bond acceptors (Lipinski definition) is 6. The molecule has 3 aromatic heterocycles. The van der Waals surface area contributed by atoms with E-state index in [1.165, 1.54) is 10.7 Å². The molecule has 0 radical (unpaired) electrons. The molecule has 0 atom stereocenters. The number of primary amides is 1. The fourth-order valence-corrected chi connectivity index (χ4v) is 1.95. The van der Waals surface area contributed by atoms with E-state index >= 15 is 0 Å². The molecule has 0 spiro atoms. The van der Waals surface area contributed by atoms with Gasteiger partial charge in [-0.15, -0.1) is 5.10 Å². The first-order valence-corrected chi connectivity index (χ1v) is 6.23. The summed E-state index contributed by atoms with van der Waals surface area (Å²) < 4.78 is 1.40. The molecule has 8 heteroatoms. The Kier molecular flexibility index (Phi) is 3.11. The summed E-state index contributed by atoms with van der Waals surface area (Å²) in [7, 11) is 1.76. The number of imidazole rings is 1. The van der Waals surface area contributed by atoms with Crippen molar-refractivity contribution in [2.45, 2.75) is 0 Å². The topological polar surface area (TPSA) is 110 Å². The van der Waals surface area contributed by atoms with Gasteiger partial charge in [0.25, 0.3) is 5.91 Å². The Bertz CT molecular complexity index is 797. The van der Waals surface area contributed by atoms with Gasteiger partial charge in [-0.2, -0.15) is 0 Å². The van der Waals surface area contributed by atoms with Crippen molar-refractivity contribution in [2.24, 2.45) is 5.73 Å². The monoisotopic (exact) mass is 283 g/mol. The second-order valence-corrected chi connectivity index (χ2v) is 4.28. The minimum Gasteiger partial charge on any atom is -0.385 e. The van der Waals surface area contributed by atoms with Gasteiger partial charge in [-0.1, -0.05) is 6.07 Å². The van der Waals surface area contributed by atoms with Crippen molar-refractivity contribution in [2.75, 3.05) is 17.7 Å². The summed E-state index contributed by atoms with van der Waals surface area (Å²) in [4.78, 5) is 19.7. The molecule has 0 fully saturated rings. The summed E-state index contributed by atoms with van der Waals surface area (Å²) in [6, 6.07) is 7.27. The number of carbonyl (C=O) groups is 1. The first-order chi connectivity index (χ1) is 10.2. The van der Waals surface area contributed by atoms with Crippen molar-refractivity contribution in [3.63, 3.8) is 0 Å². The molecule has 0 unspecified atom stereocenters. The average Bonchev–Trinajstić information content (AvgIpc) is 2.91.